The van der Waals surface area contributed by atoms with E-state index in [0.717, 1.165) is 17.3 Å². The van der Waals surface area contributed by atoms with E-state index in [1.54, 1.807) is 0 Å². The molecule has 1 aliphatic heterocycles. The molecule has 0 unspecified atom stereocenters. The van der Waals surface area contributed by atoms with Crippen LogP contribution in [0.15, 0.2) is 0 Å². The molecular formula is C15H31N. The quantitative estimate of drug-likeness (QED) is 0.704. The first-order valence-electron chi connectivity index (χ1n) is 7.43. The average molecular weight is 225 g/mol. The molecule has 0 bridgehead atoms. The third-order valence-corrected chi connectivity index (χ3v) is 4.70. The molecule has 1 saturated heterocycles. The molecule has 1 heteroatoms. The fourth-order valence-electron chi connectivity index (χ4n) is 3.38. The lowest BCUT2D eigenvalue weighted by Gasteiger charge is -2.44. The van der Waals surface area contributed by atoms with E-state index < -0.39 is 0 Å². The molecule has 2 rings (SSSR count). The van der Waals surface area contributed by atoms with Crippen LogP contribution in [0.5, 0.6) is 0 Å². The van der Waals surface area contributed by atoms with Crippen molar-refractivity contribution in [1.82, 2.24) is 5.32 Å². The highest BCUT2D eigenvalue weighted by Gasteiger charge is 2.36. The third-order valence-electron chi connectivity index (χ3n) is 4.70. The van der Waals surface area contributed by atoms with Gasteiger partial charge in [0.05, 0.1) is 0 Å². The lowest BCUT2D eigenvalue weighted by Crippen LogP contribution is -2.39. The first-order valence-corrected chi connectivity index (χ1v) is 7.43. The molecule has 96 valence electrons. The van der Waals surface area contributed by atoms with Crippen molar-refractivity contribution < 1.29 is 0 Å². The highest BCUT2D eigenvalue weighted by molar-refractivity contribution is 4.89. The predicted molar refractivity (Wildman–Crippen MR) is 72.7 cm³/mol. The van der Waals surface area contributed by atoms with Crippen LogP contribution in [0.25, 0.3) is 0 Å². The maximum Gasteiger partial charge on any atom is -0.00436 e. The predicted octanol–water partition coefficient (Wildman–Crippen LogP) is 4.23. The van der Waals surface area contributed by atoms with Gasteiger partial charge in [-0.1, -0.05) is 27.7 Å². The van der Waals surface area contributed by atoms with Gasteiger partial charge in [-0.15, -0.1) is 0 Å². The molecular weight excluding hydrogens is 194 g/mol. The summed E-state index contributed by atoms with van der Waals surface area (Å²) in [5.74, 6) is 1.93. The van der Waals surface area contributed by atoms with Gasteiger partial charge in [0.2, 0.25) is 0 Å². The van der Waals surface area contributed by atoms with Gasteiger partial charge in [0.1, 0.15) is 0 Å². The Bertz CT molecular complexity index is 170. The zero-order valence-electron chi connectivity index (χ0n) is 11.8. The van der Waals surface area contributed by atoms with Gasteiger partial charge in [-0.3, -0.25) is 0 Å². The first-order chi connectivity index (χ1) is 7.72. The second kappa shape index (κ2) is 6.64. The van der Waals surface area contributed by atoms with Crippen LogP contribution in [0.4, 0.5) is 0 Å². The van der Waals surface area contributed by atoms with Crippen molar-refractivity contribution in [2.75, 3.05) is 13.1 Å². The van der Waals surface area contributed by atoms with Crippen molar-refractivity contribution in [3.63, 3.8) is 0 Å². The minimum Gasteiger partial charge on any atom is -0.317 e. The molecule has 1 saturated carbocycles. The van der Waals surface area contributed by atoms with Crippen LogP contribution in [0.1, 0.15) is 66.2 Å². The van der Waals surface area contributed by atoms with E-state index in [4.69, 9.17) is 0 Å². The Labute approximate surface area is 102 Å². The number of rotatable bonds is 1. The number of nitrogens with one attached hydrogen (secondary N) is 1. The Morgan fingerprint density at radius 2 is 1.44 bits per heavy atom. The molecule has 1 N–H and O–H groups in total. The summed E-state index contributed by atoms with van der Waals surface area (Å²) in [5.41, 5.74) is 0.761. The molecule has 1 heterocycles. The van der Waals surface area contributed by atoms with E-state index in [-0.39, 0.29) is 0 Å². The normalized spacial score (nSPS) is 25.3. The van der Waals surface area contributed by atoms with Crippen LogP contribution in [0.3, 0.4) is 0 Å². The van der Waals surface area contributed by atoms with Crippen molar-refractivity contribution in [3.05, 3.63) is 0 Å². The lowest BCUT2D eigenvalue weighted by molar-refractivity contribution is 0.0900. The molecule has 2 fully saturated rings. The summed E-state index contributed by atoms with van der Waals surface area (Å²) in [7, 11) is 0. The molecule has 0 aromatic heterocycles. The maximum absolute atomic E-state index is 3.49. The molecule has 1 nitrogen and oxygen atoms in total. The smallest absolute Gasteiger partial charge is 0.00436 e. The molecule has 0 radical (unpaired) electrons. The maximum atomic E-state index is 3.49. The minimum absolute atomic E-state index is 0.761. The van der Waals surface area contributed by atoms with Gasteiger partial charge >= 0.3 is 0 Å². The summed E-state index contributed by atoms with van der Waals surface area (Å²) in [6.45, 7) is 11.3. The summed E-state index contributed by atoms with van der Waals surface area (Å²) in [5, 5.41) is 3.49. The first kappa shape index (κ1) is 14.0. The SMILES string of the molecule is CC.CC(C)C1CCC2(CCNCC2)CC1. The Morgan fingerprint density at radius 1 is 0.938 bits per heavy atom. The topological polar surface area (TPSA) is 12.0 Å². The van der Waals surface area contributed by atoms with Crippen LogP contribution in [-0.4, -0.2) is 13.1 Å². The van der Waals surface area contributed by atoms with E-state index in [1.165, 1.54) is 51.6 Å². The molecule has 0 aromatic carbocycles. The zero-order valence-corrected chi connectivity index (χ0v) is 11.8. The largest absolute Gasteiger partial charge is 0.317 e. The van der Waals surface area contributed by atoms with Gasteiger partial charge in [0.25, 0.3) is 0 Å². The molecule has 1 aliphatic carbocycles. The molecule has 1 spiro atoms. The van der Waals surface area contributed by atoms with E-state index in [0.29, 0.717) is 0 Å². The van der Waals surface area contributed by atoms with Gasteiger partial charge in [0, 0.05) is 0 Å². The van der Waals surface area contributed by atoms with Gasteiger partial charge in [-0.25, -0.2) is 0 Å². The Hall–Kier alpha value is -0.0400. The van der Waals surface area contributed by atoms with E-state index in [1.807, 2.05) is 13.8 Å². The van der Waals surface area contributed by atoms with Crippen LogP contribution < -0.4 is 5.32 Å². The Kier molecular flexibility index (Phi) is 5.82. The Morgan fingerprint density at radius 3 is 1.88 bits per heavy atom. The van der Waals surface area contributed by atoms with Crippen LogP contribution in [-0.2, 0) is 0 Å². The molecule has 16 heavy (non-hydrogen) atoms. The number of hydrogen-bond donors (Lipinski definition) is 1. The second-order valence-electron chi connectivity index (χ2n) is 5.83. The summed E-state index contributed by atoms with van der Waals surface area (Å²) < 4.78 is 0. The van der Waals surface area contributed by atoms with Crippen LogP contribution in [0, 0.1) is 17.3 Å². The van der Waals surface area contributed by atoms with Crippen LogP contribution >= 0.6 is 0 Å². The highest BCUT2D eigenvalue weighted by Crippen LogP contribution is 2.46. The van der Waals surface area contributed by atoms with Crippen molar-refractivity contribution in [2.45, 2.75) is 66.2 Å². The highest BCUT2D eigenvalue weighted by atomic mass is 14.9. The van der Waals surface area contributed by atoms with Crippen molar-refractivity contribution in [3.8, 4) is 0 Å². The van der Waals surface area contributed by atoms with Gasteiger partial charge in [-0.05, 0) is 68.9 Å². The van der Waals surface area contributed by atoms with Crippen molar-refractivity contribution >= 4 is 0 Å². The Balaban J connectivity index is 0.000000606. The zero-order chi connectivity index (χ0) is 12.0. The van der Waals surface area contributed by atoms with Gasteiger partial charge in [-0.2, -0.15) is 0 Å². The van der Waals surface area contributed by atoms with Crippen molar-refractivity contribution in [1.29, 1.82) is 0 Å². The average Bonchev–Trinajstić information content (AvgIpc) is 2.33. The van der Waals surface area contributed by atoms with Gasteiger partial charge < -0.3 is 5.32 Å². The van der Waals surface area contributed by atoms with Crippen molar-refractivity contribution in [2.24, 2.45) is 17.3 Å². The molecule has 0 amide bonds. The van der Waals surface area contributed by atoms with E-state index in [9.17, 15) is 0 Å². The van der Waals surface area contributed by atoms with E-state index >= 15 is 0 Å². The number of piperidine rings is 1. The van der Waals surface area contributed by atoms with E-state index in [2.05, 4.69) is 19.2 Å². The summed E-state index contributed by atoms with van der Waals surface area (Å²) >= 11 is 0. The molecule has 0 aromatic rings. The third kappa shape index (κ3) is 3.48. The van der Waals surface area contributed by atoms with Crippen LogP contribution in [0.2, 0.25) is 0 Å². The molecule has 0 atom stereocenters. The lowest BCUT2D eigenvalue weighted by atomic mass is 9.64. The summed E-state index contributed by atoms with van der Waals surface area (Å²) in [6.07, 6.45) is 8.90. The fraction of sp³-hybridized carbons (Fsp3) is 1.00. The fourth-order valence-corrected chi connectivity index (χ4v) is 3.38. The number of hydrogen-bond acceptors (Lipinski definition) is 1. The van der Waals surface area contributed by atoms with Gasteiger partial charge in [0.15, 0.2) is 0 Å². The summed E-state index contributed by atoms with van der Waals surface area (Å²) in [4.78, 5) is 0. The molecule has 2 aliphatic rings. The summed E-state index contributed by atoms with van der Waals surface area (Å²) in [6, 6.07) is 0. The second-order valence-corrected chi connectivity index (χ2v) is 5.83. The monoisotopic (exact) mass is 225 g/mol. The standard InChI is InChI=1S/C13H25N.C2H6/c1-11(2)12-3-5-13(6-4-12)7-9-14-10-8-13;1-2/h11-12,14H,3-10H2,1-2H3;1-2H3. The minimum atomic E-state index is 0.761.